The molecule has 184 valence electrons. The molecule has 0 aliphatic carbocycles. The first kappa shape index (κ1) is 22.7. The van der Waals surface area contributed by atoms with E-state index in [9.17, 15) is 18.0 Å². The van der Waals surface area contributed by atoms with Gasteiger partial charge >= 0.3 is 6.18 Å². The van der Waals surface area contributed by atoms with Gasteiger partial charge in [-0.3, -0.25) is 14.6 Å². The van der Waals surface area contributed by atoms with Gasteiger partial charge in [-0.1, -0.05) is 18.2 Å². The number of anilines is 2. The molecule has 4 aromatic rings. The van der Waals surface area contributed by atoms with E-state index in [0.717, 1.165) is 42.9 Å². The first-order valence-electron chi connectivity index (χ1n) is 11.7. The van der Waals surface area contributed by atoms with Crippen molar-refractivity contribution >= 4 is 28.2 Å². The number of halogens is 3. The number of carbonyl (C=O) groups is 1. The van der Waals surface area contributed by atoms with E-state index in [0.29, 0.717) is 23.9 Å². The predicted octanol–water partition coefficient (Wildman–Crippen LogP) is 4.59. The Balaban J connectivity index is 1.32. The quantitative estimate of drug-likeness (QED) is 0.419. The van der Waals surface area contributed by atoms with Gasteiger partial charge in [0.1, 0.15) is 5.82 Å². The summed E-state index contributed by atoms with van der Waals surface area (Å²) in [5.74, 6) is -0.202. The second kappa shape index (κ2) is 8.12. The van der Waals surface area contributed by atoms with Crippen molar-refractivity contribution in [1.82, 2.24) is 24.4 Å². The van der Waals surface area contributed by atoms with Gasteiger partial charge in [0.25, 0.3) is 0 Å². The van der Waals surface area contributed by atoms with Crippen LogP contribution in [0.1, 0.15) is 30.1 Å². The van der Waals surface area contributed by atoms with Crippen LogP contribution < -0.4 is 4.90 Å². The highest BCUT2D eigenvalue weighted by atomic mass is 19.4. The maximum atomic E-state index is 14.1. The van der Waals surface area contributed by atoms with Crippen LogP contribution >= 0.6 is 0 Å². The maximum Gasteiger partial charge on any atom is 0.451 e. The number of rotatable bonds is 3. The van der Waals surface area contributed by atoms with Crippen LogP contribution in [0.15, 0.2) is 61.1 Å². The fraction of sp³-hybridized carbons (Fsp3) is 0.308. The molecule has 10 heteroatoms. The lowest BCUT2D eigenvalue weighted by Gasteiger charge is -2.38. The van der Waals surface area contributed by atoms with E-state index in [4.69, 9.17) is 0 Å². The monoisotopic (exact) mass is 492 g/mol. The highest BCUT2D eigenvalue weighted by Crippen LogP contribution is 2.50. The van der Waals surface area contributed by atoms with Crippen molar-refractivity contribution in [3.8, 4) is 0 Å². The van der Waals surface area contributed by atoms with Crippen LogP contribution in [-0.2, 0) is 30.0 Å². The van der Waals surface area contributed by atoms with Crippen LogP contribution in [0.2, 0.25) is 0 Å². The minimum absolute atomic E-state index is 0.00692. The zero-order valence-corrected chi connectivity index (χ0v) is 19.5. The summed E-state index contributed by atoms with van der Waals surface area (Å²) in [6.45, 7) is 2.24. The molecule has 6 rings (SSSR count). The molecule has 0 saturated carbocycles. The van der Waals surface area contributed by atoms with Crippen LogP contribution in [-0.4, -0.2) is 43.4 Å². The van der Waals surface area contributed by atoms with Crippen LogP contribution in [0.25, 0.3) is 10.9 Å². The third-order valence-corrected chi connectivity index (χ3v) is 7.34. The number of fused-ring (bicyclic) bond motifs is 3. The number of carbonyl (C=O) groups excluding carboxylic acids is 1. The lowest BCUT2D eigenvalue weighted by atomic mass is 9.73. The van der Waals surface area contributed by atoms with Crippen molar-refractivity contribution in [1.29, 1.82) is 0 Å². The van der Waals surface area contributed by atoms with E-state index in [1.807, 2.05) is 42.1 Å². The first-order chi connectivity index (χ1) is 17.3. The fourth-order valence-electron chi connectivity index (χ4n) is 5.39. The van der Waals surface area contributed by atoms with Gasteiger partial charge in [0, 0.05) is 36.7 Å². The van der Waals surface area contributed by atoms with Gasteiger partial charge in [-0.05, 0) is 55.8 Å². The number of aryl methyl sites for hydroxylation is 1. The molecule has 0 atom stereocenters. The van der Waals surface area contributed by atoms with Gasteiger partial charge in [0.15, 0.2) is 0 Å². The molecule has 2 aromatic carbocycles. The fourth-order valence-corrected chi connectivity index (χ4v) is 5.39. The number of aromatic nitrogens is 4. The van der Waals surface area contributed by atoms with Gasteiger partial charge in [-0.25, -0.2) is 15.0 Å². The SMILES string of the molecule is Cn1ccnc1CN1CCC2(CC1)C(=O)N(c1ccc3nc(C(F)(F)F)ncc3c1)c1ccccc12. The van der Waals surface area contributed by atoms with Crippen molar-refractivity contribution < 1.29 is 18.0 Å². The second-order valence-corrected chi connectivity index (χ2v) is 9.40. The molecule has 1 fully saturated rings. The number of hydrogen-bond acceptors (Lipinski definition) is 5. The van der Waals surface area contributed by atoms with Gasteiger partial charge < -0.3 is 4.57 Å². The zero-order valence-electron chi connectivity index (χ0n) is 19.5. The third kappa shape index (κ3) is 3.55. The summed E-state index contributed by atoms with van der Waals surface area (Å²) in [5.41, 5.74) is 1.94. The minimum Gasteiger partial charge on any atom is -0.337 e. The Morgan fingerprint density at radius 2 is 1.83 bits per heavy atom. The van der Waals surface area contributed by atoms with Crippen LogP contribution in [0.4, 0.5) is 24.5 Å². The van der Waals surface area contributed by atoms with Crippen molar-refractivity contribution in [2.75, 3.05) is 18.0 Å². The second-order valence-electron chi connectivity index (χ2n) is 9.40. The van der Waals surface area contributed by atoms with E-state index in [1.165, 1.54) is 6.07 Å². The highest BCUT2D eigenvalue weighted by Gasteiger charge is 2.52. The van der Waals surface area contributed by atoms with E-state index in [2.05, 4.69) is 19.9 Å². The smallest absolute Gasteiger partial charge is 0.337 e. The summed E-state index contributed by atoms with van der Waals surface area (Å²) >= 11 is 0. The molecule has 36 heavy (non-hydrogen) atoms. The minimum atomic E-state index is -4.62. The first-order valence-corrected chi connectivity index (χ1v) is 11.7. The average molecular weight is 493 g/mol. The summed E-state index contributed by atoms with van der Waals surface area (Å²) in [6, 6.07) is 12.6. The molecule has 1 saturated heterocycles. The number of para-hydroxylation sites is 1. The van der Waals surface area contributed by atoms with Gasteiger partial charge in [0.2, 0.25) is 11.7 Å². The molecule has 4 heterocycles. The van der Waals surface area contributed by atoms with Crippen LogP contribution in [0.3, 0.4) is 0 Å². The summed E-state index contributed by atoms with van der Waals surface area (Å²) in [4.78, 5) is 29.6. The maximum absolute atomic E-state index is 14.1. The molecule has 0 N–H and O–H groups in total. The summed E-state index contributed by atoms with van der Waals surface area (Å²) in [6.07, 6.45) is 1.61. The topological polar surface area (TPSA) is 67.2 Å². The predicted molar refractivity (Wildman–Crippen MR) is 128 cm³/mol. The van der Waals surface area contributed by atoms with Crippen LogP contribution in [0, 0.1) is 0 Å². The van der Waals surface area contributed by atoms with E-state index in [1.54, 1.807) is 23.2 Å². The van der Waals surface area contributed by atoms with Crippen molar-refractivity contribution in [3.05, 3.63) is 78.3 Å². The number of likely N-dealkylation sites (tertiary alicyclic amines) is 1. The Morgan fingerprint density at radius 1 is 1.06 bits per heavy atom. The molecule has 0 unspecified atom stereocenters. The molecule has 0 bridgehead atoms. The summed E-state index contributed by atoms with van der Waals surface area (Å²) in [7, 11) is 1.97. The molecule has 7 nitrogen and oxygen atoms in total. The molecule has 0 radical (unpaired) electrons. The van der Waals surface area contributed by atoms with Gasteiger partial charge in [-0.2, -0.15) is 13.2 Å². The van der Waals surface area contributed by atoms with Gasteiger partial charge in [-0.15, -0.1) is 0 Å². The average Bonchev–Trinajstić information content (AvgIpc) is 3.38. The third-order valence-electron chi connectivity index (χ3n) is 7.34. The number of hydrogen-bond donors (Lipinski definition) is 0. The number of amides is 1. The number of alkyl halides is 3. The Kier molecular flexibility index (Phi) is 5.11. The number of benzene rings is 2. The van der Waals surface area contributed by atoms with Crippen molar-refractivity contribution in [2.24, 2.45) is 7.05 Å². The van der Waals surface area contributed by atoms with Crippen molar-refractivity contribution in [3.63, 3.8) is 0 Å². The molecule has 2 aromatic heterocycles. The molecule has 2 aliphatic heterocycles. The molecule has 2 aliphatic rings. The Labute approximate surface area is 205 Å². The van der Waals surface area contributed by atoms with E-state index >= 15 is 0 Å². The Morgan fingerprint density at radius 3 is 2.56 bits per heavy atom. The van der Waals surface area contributed by atoms with Crippen molar-refractivity contribution in [2.45, 2.75) is 31.0 Å². The Bertz CT molecular complexity index is 1470. The molecular formula is C26H23F3N6O. The molecule has 1 amide bonds. The summed E-state index contributed by atoms with van der Waals surface area (Å²) < 4.78 is 41.1. The number of nitrogens with zero attached hydrogens (tertiary/aromatic N) is 6. The number of imidazole rings is 1. The lowest BCUT2D eigenvalue weighted by Crippen LogP contribution is -2.47. The largest absolute Gasteiger partial charge is 0.451 e. The van der Waals surface area contributed by atoms with Gasteiger partial charge in [0.05, 0.1) is 23.2 Å². The zero-order chi connectivity index (χ0) is 25.1. The molecular weight excluding hydrogens is 469 g/mol. The van der Waals surface area contributed by atoms with E-state index in [-0.39, 0.29) is 11.4 Å². The molecule has 1 spiro atoms. The highest BCUT2D eigenvalue weighted by molar-refractivity contribution is 6.13. The Hall–Kier alpha value is -3.79. The van der Waals surface area contributed by atoms with E-state index < -0.39 is 17.4 Å². The normalized spacial score (nSPS) is 17.8. The van der Waals surface area contributed by atoms with Crippen LogP contribution in [0.5, 0.6) is 0 Å². The lowest BCUT2D eigenvalue weighted by molar-refractivity contribution is -0.144. The standard InChI is InChI=1S/C26H23F3N6O/c1-33-13-10-30-22(33)16-34-11-8-25(9-12-34)19-4-2-3-5-21(19)35(24(25)36)18-6-7-20-17(14-18)15-31-23(32-20)26(27,28)29/h2-7,10,13-15H,8-9,11-12,16H2,1H3. The number of piperidine rings is 1. The summed E-state index contributed by atoms with van der Waals surface area (Å²) in [5, 5.41) is 0.441.